The molecule has 0 unspecified atom stereocenters. The molecule has 27 heavy (non-hydrogen) atoms. The molecule has 0 aromatic carbocycles. The molecule has 9 nitrogen and oxygen atoms in total. The van der Waals surface area contributed by atoms with E-state index in [4.69, 9.17) is 48.9 Å². The van der Waals surface area contributed by atoms with E-state index in [2.05, 4.69) is 10.6 Å². The average molecular weight is 423 g/mol. The van der Waals surface area contributed by atoms with E-state index in [1.165, 1.54) is 11.8 Å². The smallest absolute Gasteiger partial charge is 0.166 e. The average Bonchev–Trinajstić information content (AvgIpc) is 2.69. The summed E-state index contributed by atoms with van der Waals surface area (Å²) in [7, 11) is 0. The molecule has 8 N–H and O–H groups in total. The van der Waals surface area contributed by atoms with Crippen molar-refractivity contribution in [2.45, 2.75) is 18.4 Å². The number of ether oxygens (including phenoxy) is 3. The summed E-state index contributed by atoms with van der Waals surface area (Å²) in [6, 6.07) is 0. The van der Waals surface area contributed by atoms with Crippen LogP contribution in [0.1, 0.15) is 12.8 Å². The topological polar surface area (TPSA) is 154 Å². The van der Waals surface area contributed by atoms with Crippen molar-refractivity contribution in [3.05, 3.63) is 0 Å². The van der Waals surface area contributed by atoms with Gasteiger partial charge in [-0.2, -0.15) is 5.26 Å². The maximum absolute atomic E-state index is 8.37. The van der Waals surface area contributed by atoms with Crippen molar-refractivity contribution >= 4 is 29.1 Å². The highest BCUT2D eigenvalue weighted by Gasteiger charge is 2.25. The molecule has 0 rings (SSSR count). The van der Waals surface area contributed by atoms with E-state index in [0.717, 1.165) is 18.6 Å². The van der Waals surface area contributed by atoms with Crippen LogP contribution in [-0.2, 0) is 14.2 Å². The molecule has 0 radical (unpaired) electrons. The molecule has 0 aliphatic rings. The molecule has 0 fully saturated rings. The van der Waals surface area contributed by atoms with Crippen molar-refractivity contribution in [1.82, 2.24) is 10.6 Å². The largest absolute Gasteiger partial charge is 0.379 e. The predicted molar refractivity (Wildman–Crippen MR) is 113 cm³/mol. The normalized spacial score (nSPS) is 11.2. The molecule has 11 heteroatoms. The van der Waals surface area contributed by atoms with Gasteiger partial charge in [0.15, 0.2) is 5.11 Å². The Balaban J connectivity index is 3.38. The molecule has 0 atom stereocenters. The first kappa shape index (κ1) is 26.3. The first-order chi connectivity index (χ1) is 13.1. The van der Waals surface area contributed by atoms with E-state index in [9.17, 15) is 0 Å². The van der Waals surface area contributed by atoms with Crippen LogP contribution in [-0.4, -0.2) is 82.2 Å². The van der Waals surface area contributed by atoms with Crippen LogP contribution in [0, 0.1) is 10.7 Å². The van der Waals surface area contributed by atoms with Gasteiger partial charge in [-0.15, -0.1) is 0 Å². The molecular weight excluding hydrogens is 388 g/mol. The summed E-state index contributed by atoms with van der Waals surface area (Å²) < 4.78 is 16.3. The number of nitrogens with one attached hydrogen (secondary N) is 2. The van der Waals surface area contributed by atoms with Gasteiger partial charge < -0.3 is 42.0 Å². The van der Waals surface area contributed by atoms with Crippen molar-refractivity contribution < 1.29 is 14.2 Å². The highest BCUT2D eigenvalue weighted by molar-refractivity contribution is 8.03. The van der Waals surface area contributed by atoms with Crippen LogP contribution in [0.2, 0.25) is 0 Å². The van der Waals surface area contributed by atoms with Gasteiger partial charge in [-0.1, -0.05) is 0 Å². The van der Waals surface area contributed by atoms with Gasteiger partial charge in [0.1, 0.15) is 5.40 Å². The molecule has 0 amide bonds. The molecule has 0 aromatic heterocycles. The second-order valence-corrected chi connectivity index (χ2v) is 7.05. The summed E-state index contributed by atoms with van der Waals surface area (Å²) in [5.41, 5.74) is 16.5. The molecule has 0 saturated heterocycles. The SMILES string of the molecule is N#CSCCCOCCOCCOCCCNC(=S)NC(CN)(CN)CN. The van der Waals surface area contributed by atoms with E-state index < -0.39 is 5.54 Å². The summed E-state index contributed by atoms with van der Waals surface area (Å²) in [6.45, 7) is 5.07. The molecule has 0 aromatic rings. The van der Waals surface area contributed by atoms with Gasteiger partial charge >= 0.3 is 0 Å². The van der Waals surface area contributed by atoms with Gasteiger partial charge in [-0.05, 0) is 36.8 Å². The Morgan fingerprint density at radius 1 is 0.926 bits per heavy atom. The van der Waals surface area contributed by atoms with Crippen LogP contribution in [0.25, 0.3) is 0 Å². The fraction of sp³-hybridized carbons (Fsp3) is 0.875. The van der Waals surface area contributed by atoms with Crippen LogP contribution in [0.5, 0.6) is 0 Å². The highest BCUT2D eigenvalue weighted by atomic mass is 32.2. The summed E-state index contributed by atoms with van der Waals surface area (Å²) in [6.07, 6.45) is 1.69. The molecular formula is C16H34N6O3S2. The zero-order valence-electron chi connectivity index (χ0n) is 15.9. The molecule has 0 bridgehead atoms. The van der Waals surface area contributed by atoms with Crippen molar-refractivity contribution in [3.8, 4) is 5.40 Å². The first-order valence-corrected chi connectivity index (χ1v) is 10.4. The number of hydrogen-bond donors (Lipinski definition) is 5. The molecule has 158 valence electrons. The second-order valence-electron chi connectivity index (χ2n) is 5.76. The number of thiocyanates is 1. The minimum absolute atomic E-state index is 0.316. The maximum Gasteiger partial charge on any atom is 0.166 e. The molecule has 0 aliphatic heterocycles. The van der Waals surface area contributed by atoms with Gasteiger partial charge in [0, 0.05) is 45.1 Å². The predicted octanol–water partition coefficient (Wildman–Crippen LogP) is -0.890. The summed E-state index contributed by atoms with van der Waals surface area (Å²) >= 11 is 6.47. The fourth-order valence-electron chi connectivity index (χ4n) is 1.88. The third-order valence-electron chi connectivity index (χ3n) is 3.65. The van der Waals surface area contributed by atoms with Gasteiger partial charge in [-0.25, -0.2) is 0 Å². The molecule has 0 spiro atoms. The van der Waals surface area contributed by atoms with E-state index in [1.807, 2.05) is 5.40 Å². The van der Waals surface area contributed by atoms with Crippen LogP contribution in [0.4, 0.5) is 0 Å². The van der Waals surface area contributed by atoms with Crippen molar-refractivity contribution in [2.24, 2.45) is 17.2 Å². The minimum atomic E-state index is -0.558. The molecule has 0 saturated carbocycles. The number of nitrogens with two attached hydrogens (primary N) is 3. The second kappa shape index (κ2) is 18.6. The lowest BCUT2D eigenvalue weighted by Crippen LogP contribution is -2.64. The fourth-order valence-corrected chi connectivity index (χ4v) is 2.56. The lowest BCUT2D eigenvalue weighted by atomic mass is 10.0. The Labute approximate surface area is 172 Å². The Morgan fingerprint density at radius 3 is 1.96 bits per heavy atom. The summed E-state index contributed by atoms with van der Waals surface area (Å²) in [5.74, 6) is 0.800. The Kier molecular flexibility index (Phi) is 18.2. The van der Waals surface area contributed by atoms with E-state index >= 15 is 0 Å². The zero-order valence-corrected chi connectivity index (χ0v) is 17.5. The quantitative estimate of drug-likeness (QED) is 0.106. The summed E-state index contributed by atoms with van der Waals surface area (Å²) in [5, 5.41) is 17.1. The van der Waals surface area contributed by atoms with Crippen LogP contribution < -0.4 is 27.8 Å². The minimum Gasteiger partial charge on any atom is -0.379 e. The number of nitriles is 1. The molecule has 0 aliphatic carbocycles. The lowest BCUT2D eigenvalue weighted by Gasteiger charge is -2.32. The van der Waals surface area contributed by atoms with Crippen LogP contribution in [0.15, 0.2) is 0 Å². The van der Waals surface area contributed by atoms with E-state index in [-0.39, 0.29) is 0 Å². The van der Waals surface area contributed by atoms with Crippen LogP contribution in [0.3, 0.4) is 0 Å². The Morgan fingerprint density at radius 2 is 1.44 bits per heavy atom. The number of nitrogens with zero attached hydrogens (tertiary/aromatic N) is 1. The lowest BCUT2D eigenvalue weighted by molar-refractivity contribution is 0.0145. The summed E-state index contributed by atoms with van der Waals surface area (Å²) in [4.78, 5) is 0. The van der Waals surface area contributed by atoms with Gasteiger partial charge in [0.05, 0.1) is 32.0 Å². The number of rotatable bonds is 18. The Bertz CT molecular complexity index is 400. The maximum atomic E-state index is 8.37. The van der Waals surface area contributed by atoms with E-state index in [1.54, 1.807) is 0 Å². The third kappa shape index (κ3) is 15.0. The Hall–Kier alpha value is -0.710. The first-order valence-electron chi connectivity index (χ1n) is 9.04. The van der Waals surface area contributed by atoms with Crippen LogP contribution >= 0.6 is 24.0 Å². The zero-order chi connectivity index (χ0) is 20.2. The monoisotopic (exact) mass is 422 g/mol. The van der Waals surface area contributed by atoms with Gasteiger partial charge in [-0.3, -0.25) is 0 Å². The van der Waals surface area contributed by atoms with Crippen molar-refractivity contribution in [3.63, 3.8) is 0 Å². The highest BCUT2D eigenvalue weighted by Crippen LogP contribution is 1.98. The number of thioether (sulfide) groups is 1. The molecule has 0 heterocycles. The van der Waals surface area contributed by atoms with Gasteiger partial charge in [0.25, 0.3) is 0 Å². The van der Waals surface area contributed by atoms with E-state index in [0.29, 0.717) is 70.9 Å². The number of thiocarbonyl (C=S) groups is 1. The third-order valence-corrected chi connectivity index (χ3v) is 4.51. The standard InChI is InChI=1S/C16H34N6O3S2/c17-11-16(12-18,13-19)22-15(26)21-3-1-4-23-6-8-25-9-7-24-5-2-10-27-14-20/h1-13,17-19H2,(H2,21,22,26). The number of hydrogen-bond acceptors (Lipinski definition) is 9. The van der Waals surface area contributed by atoms with Gasteiger partial charge in [0.2, 0.25) is 0 Å². The van der Waals surface area contributed by atoms with Crippen molar-refractivity contribution in [1.29, 1.82) is 5.26 Å². The van der Waals surface area contributed by atoms with Crippen molar-refractivity contribution in [2.75, 3.05) is 71.6 Å².